The first-order chi connectivity index (χ1) is 14.6. The number of carbonyl (C=O) groups excluding carboxylic acids is 1. The van der Waals surface area contributed by atoms with Gasteiger partial charge in [-0.2, -0.15) is 30.7 Å². The molecule has 0 bridgehead atoms. The Bertz CT molecular complexity index is 1040. The number of methoxy groups -OCH3 is 1. The van der Waals surface area contributed by atoms with Crippen molar-refractivity contribution in [3.05, 3.63) is 57.1 Å². The van der Waals surface area contributed by atoms with E-state index >= 15 is 0 Å². The van der Waals surface area contributed by atoms with E-state index in [2.05, 4.69) is 9.47 Å². The van der Waals surface area contributed by atoms with Gasteiger partial charge in [-0.25, -0.2) is 4.79 Å². The van der Waals surface area contributed by atoms with Gasteiger partial charge in [0.15, 0.2) is 0 Å². The van der Waals surface area contributed by atoms with Crippen LogP contribution >= 0.6 is 11.6 Å². The second kappa shape index (κ2) is 8.78. The van der Waals surface area contributed by atoms with E-state index < -0.39 is 57.6 Å². The number of alkyl halides is 7. The maximum absolute atomic E-state index is 13.9. The van der Waals surface area contributed by atoms with E-state index in [9.17, 15) is 45.6 Å². The summed E-state index contributed by atoms with van der Waals surface area (Å²) in [4.78, 5) is 21.6. The molecule has 2 aromatic rings. The summed E-state index contributed by atoms with van der Waals surface area (Å²) in [7, 11) is 0.207. The largest absolute Gasteiger partial charge is 0.460 e. The van der Waals surface area contributed by atoms with Crippen LogP contribution in [0.4, 0.5) is 36.4 Å². The summed E-state index contributed by atoms with van der Waals surface area (Å²) in [6.45, 7) is 0. The van der Waals surface area contributed by atoms with Crippen LogP contribution < -0.4 is 9.47 Å². The highest BCUT2D eigenvalue weighted by Gasteiger charge is 2.65. The van der Waals surface area contributed by atoms with E-state index in [-0.39, 0.29) is 12.1 Å². The highest BCUT2D eigenvalue weighted by Crippen LogP contribution is 2.41. The van der Waals surface area contributed by atoms with Crippen molar-refractivity contribution in [1.29, 1.82) is 0 Å². The highest BCUT2D eigenvalue weighted by molar-refractivity contribution is 6.32. The summed E-state index contributed by atoms with van der Waals surface area (Å²) in [6, 6.07) is 3.87. The summed E-state index contributed by atoms with van der Waals surface area (Å²) < 4.78 is 104. The van der Waals surface area contributed by atoms with Crippen molar-refractivity contribution in [2.75, 3.05) is 7.11 Å². The molecule has 2 rings (SSSR count). The number of nitro benzene ring substituents is 1. The Morgan fingerprint density at radius 1 is 1.00 bits per heavy atom. The molecule has 0 saturated carbocycles. The average molecular weight is 492 g/mol. The Morgan fingerprint density at radius 2 is 1.62 bits per heavy atom. The number of nitrogens with zero attached hydrogens (tertiary/aromatic N) is 1. The van der Waals surface area contributed by atoms with Gasteiger partial charge in [-0.3, -0.25) is 10.1 Å². The zero-order chi connectivity index (χ0) is 24.5. The Hall–Kier alpha value is -3.13. The lowest BCUT2D eigenvalue weighted by atomic mass is 10.2. The van der Waals surface area contributed by atoms with Crippen LogP contribution in [-0.4, -0.2) is 30.0 Å². The van der Waals surface area contributed by atoms with Crippen molar-refractivity contribution in [3.8, 4) is 17.2 Å². The number of halogens is 8. The second-order valence-electron chi connectivity index (χ2n) is 5.82. The van der Waals surface area contributed by atoms with Crippen molar-refractivity contribution < 1.29 is 54.7 Å². The van der Waals surface area contributed by atoms with Crippen molar-refractivity contribution in [3.63, 3.8) is 0 Å². The molecule has 1 atom stereocenters. The predicted octanol–water partition coefficient (Wildman–Crippen LogP) is 5.84. The minimum atomic E-state index is -5.90. The summed E-state index contributed by atoms with van der Waals surface area (Å²) in [6.07, 6.45) is -10.7. The minimum absolute atomic E-state index is 0.207. The Labute approximate surface area is 178 Å². The standard InChI is InChI=1S/C17H9ClF7NO6/c1-30-15(19,17(23,24)25)14(27)32-13-7-9(3-5-11(13)26(28)29)31-12-6-8(16(20,21)22)2-4-10(12)18/h2-7H,1H3. The zero-order valence-corrected chi connectivity index (χ0v) is 16.1. The van der Waals surface area contributed by atoms with Gasteiger partial charge < -0.3 is 14.2 Å². The lowest BCUT2D eigenvalue weighted by Gasteiger charge is -2.23. The summed E-state index contributed by atoms with van der Waals surface area (Å²) in [5.74, 6) is -9.97. The molecule has 0 aliphatic heterocycles. The van der Waals surface area contributed by atoms with Gasteiger partial charge in [0.25, 0.3) is 0 Å². The number of hydrogen-bond acceptors (Lipinski definition) is 6. The minimum Gasteiger partial charge on any atom is -0.456 e. The van der Waals surface area contributed by atoms with Crippen molar-refractivity contribution in [2.45, 2.75) is 18.2 Å². The van der Waals surface area contributed by atoms with Crippen molar-refractivity contribution in [2.24, 2.45) is 0 Å². The number of hydrogen-bond donors (Lipinski definition) is 0. The average Bonchev–Trinajstić information content (AvgIpc) is 2.67. The summed E-state index contributed by atoms with van der Waals surface area (Å²) in [5, 5.41) is 10.8. The number of benzene rings is 2. The number of esters is 1. The molecule has 7 nitrogen and oxygen atoms in total. The van der Waals surface area contributed by atoms with Crippen LogP contribution in [0.3, 0.4) is 0 Å². The fraction of sp³-hybridized carbons (Fsp3) is 0.235. The molecule has 0 amide bonds. The molecular formula is C17H9ClF7NO6. The molecule has 0 saturated heterocycles. The summed E-state index contributed by atoms with van der Waals surface area (Å²) in [5.41, 5.74) is -2.25. The van der Waals surface area contributed by atoms with Gasteiger partial charge >= 0.3 is 29.9 Å². The normalized spacial score (nSPS) is 13.9. The SMILES string of the molecule is COC(F)(C(=O)Oc1cc(Oc2cc(C(F)(F)F)ccc2Cl)ccc1[N+](=O)[O-])C(F)(F)F. The topological polar surface area (TPSA) is 87.9 Å². The van der Waals surface area contributed by atoms with Gasteiger partial charge in [0, 0.05) is 19.2 Å². The third-order valence-corrected chi connectivity index (χ3v) is 4.04. The first-order valence-corrected chi connectivity index (χ1v) is 8.34. The van der Waals surface area contributed by atoms with Crippen LogP contribution in [0.15, 0.2) is 36.4 Å². The van der Waals surface area contributed by atoms with Crippen LogP contribution in [0.1, 0.15) is 5.56 Å². The van der Waals surface area contributed by atoms with Crippen molar-refractivity contribution in [1.82, 2.24) is 0 Å². The van der Waals surface area contributed by atoms with Gasteiger partial charge in [0.2, 0.25) is 5.75 Å². The third-order valence-electron chi connectivity index (χ3n) is 3.73. The third kappa shape index (κ3) is 5.19. The molecule has 0 N–H and O–H groups in total. The number of nitro groups is 1. The van der Waals surface area contributed by atoms with E-state index in [0.717, 1.165) is 12.1 Å². The predicted molar refractivity (Wildman–Crippen MR) is 92.2 cm³/mol. The Morgan fingerprint density at radius 3 is 2.12 bits per heavy atom. The van der Waals surface area contributed by atoms with Gasteiger partial charge in [0.1, 0.15) is 11.5 Å². The molecule has 0 aromatic heterocycles. The van der Waals surface area contributed by atoms with Crippen molar-refractivity contribution >= 4 is 23.3 Å². The Kier molecular flexibility index (Phi) is 6.90. The molecule has 0 aliphatic carbocycles. The molecule has 0 radical (unpaired) electrons. The van der Waals surface area contributed by atoms with Gasteiger partial charge in [0.05, 0.1) is 15.5 Å². The summed E-state index contributed by atoms with van der Waals surface area (Å²) >= 11 is 5.75. The van der Waals surface area contributed by atoms with E-state index in [1.807, 2.05) is 0 Å². The quantitative estimate of drug-likeness (QED) is 0.166. The van der Waals surface area contributed by atoms with Crippen LogP contribution in [0.25, 0.3) is 0 Å². The van der Waals surface area contributed by atoms with Crippen LogP contribution in [-0.2, 0) is 15.7 Å². The van der Waals surface area contributed by atoms with Gasteiger partial charge in [-0.05, 0) is 24.3 Å². The molecule has 0 heterocycles. The first-order valence-electron chi connectivity index (χ1n) is 7.96. The number of ether oxygens (including phenoxy) is 3. The molecule has 2 aromatic carbocycles. The number of carbonyl (C=O) groups is 1. The maximum Gasteiger partial charge on any atom is 0.460 e. The maximum atomic E-state index is 13.9. The molecular weight excluding hydrogens is 483 g/mol. The lowest BCUT2D eigenvalue weighted by molar-refractivity contribution is -0.386. The van der Waals surface area contributed by atoms with E-state index in [1.165, 1.54) is 0 Å². The molecule has 0 aliphatic rings. The van der Waals surface area contributed by atoms with E-state index in [4.69, 9.17) is 16.3 Å². The molecule has 0 fully saturated rings. The molecule has 32 heavy (non-hydrogen) atoms. The van der Waals surface area contributed by atoms with E-state index in [1.54, 1.807) is 0 Å². The fourth-order valence-corrected chi connectivity index (χ4v) is 2.31. The monoisotopic (exact) mass is 491 g/mol. The van der Waals surface area contributed by atoms with Gasteiger partial charge in [-0.15, -0.1) is 0 Å². The molecule has 15 heteroatoms. The van der Waals surface area contributed by atoms with Crippen LogP contribution in [0, 0.1) is 10.1 Å². The Balaban J connectivity index is 2.45. The zero-order valence-electron chi connectivity index (χ0n) is 15.4. The second-order valence-corrected chi connectivity index (χ2v) is 6.23. The lowest BCUT2D eigenvalue weighted by Crippen LogP contribution is -2.51. The molecule has 1 unspecified atom stereocenters. The van der Waals surface area contributed by atoms with Crippen LogP contribution in [0.2, 0.25) is 5.02 Å². The van der Waals surface area contributed by atoms with Crippen LogP contribution in [0.5, 0.6) is 17.2 Å². The van der Waals surface area contributed by atoms with Gasteiger partial charge in [-0.1, -0.05) is 11.6 Å². The first kappa shape index (κ1) is 25.1. The molecule has 174 valence electrons. The molecule has 0 spiro atoms. The smallest absolute Gasteiger partial charge is 0.456 e. The highest BCUT2D eigenvalue weighted by atomic mass is 35.5. The number of rotatable bonds is 6. The van der Waals surface area contributed by atoms with E-state index in [0.29, 0.717) is 24.3 Å². The fourth-order valence-electron chi connectivity index (χ4n) is 2.16.